The van der Waals surface area contributed by atoms with Gasteiger partial charge in [0.2, 0.25) is 0 Å². The molecule has 2 amide bonds. The summed E-state index contributed by atoms with van der Waals surface area (Å²) in [5.74, 6) is 0. The molecule has 2 rings (SSSR count). The average molecular weight is 317 g/mol. The Hall–Kier alpha value is -2.01. The zero-order valence-electron chi connectivity index (χ0n) is 14.0. The van der Waals surface area contributed by atoms with Crippen LogP contribution >= 0.6 is 0 Å². The van der Waals surface area contributed by atoms with Crippen LogP contribution in [-0.4, -0.2) is 36.4 Å². The lowest BCUT2D eigenvalue weighted by molar-refractivity contribution is 0.163. The van der Waals surface area contributed by atoms with E-state index in [1.807, 2.05) is 26.0 Å². The predicted molar refractivity (Wildman–Crippen MR) is 93.6 cm³/mol. The Morgan fingerprint density at radius 2 is 1.91 bits per heavy atom. The van der Waals surface area contributed by atoms with E-state index in [0.29, 0.717) is 6.54 Å². The molecule has 5 nitrogen and oxygen atoms in total. The van der Waals surface area contributed by atoms with Crippen molar-refractivity contribution in [1.82, 2.24) is 10.6 Å². The predicted octanol–water partition coefficient (Wildman–Crippen LogP) is 2.41. The van der Waals surface area contributed by atoms with Gasteiger partial charge in [-0.25, -0.2) is 4.79 Å². The molecule has 1 aromatic carbocycles. The molecule has 0 saturated heterocycles. The Bertz CT molecular complexity index is 534. The molecule has 1 heterocycles. The number of anilines is 1. The van der Waals surface area contributed by atoms with Crippen LogP contribution < -0.4 is 15.5 Å². The van der Waals surface area contributed by atoms with Crippen LogP contribution in [0.2, 0.25) is 0 Å². The van der Waals surface area contributed by atoms with Crippen molar-refractivity contribution < 1.29 is 9.90 Å². The molecule has 0 aromatic heterocycles. The summed E-state index contributed by atoms with van der Waals surface area (Å²) >= 11 is 0. The third-order valence-electron chi connectivity index (χ3n) is 4.14. The Morgan fingerprint density at radius 1 is 1.26 bits per heavy atom. The summed E-state index contributed by atoms with van der Waals surface area (Å²) in [4.78, 5) is 14.3. The van der Waals surface area contributed by atoms with E-state index >= 15 is 0 Å². The van der Waals surface area contributed by atoms with E-state index in [-0.39, 0.29) is 12.6 Å². The molecule has 1 aliphatic heterocycles. The van der Waals surface area contributed by atoms with Crippen molar-refractivity contribution >= 4 is 11.7 Å². The van der Waals surface area contributed by atoms with Crippen molar-refractivity contribution in [1.29, 1.82) is 0 Å². The zero-order chi connectivity index (χ0) is 16.7. The number of amides is 2. The Morgan fingerprint density at radius 3 is 2.48 bits per heavy atom. The largest absolute Gasteiger partial charge is 0.394 e. The molecule has 1 aromatic rings. The van der Waals surface area contributed by atoms with E-state index in [1.165, 1.54) is 5.69 Å². The number of nitrogens with zero attached hydrogens (tertiary/aromatic N) is 1. The lowest BCUT2D eigenvalue weighted by Gasteiger charge is -2.28. The van der Waals surface area contributed by atoms with E-state index in [4.69, 9.17) is 0 Å². The van der Waals surface area contributed by atoms with Crippen molar-refractivity contribution in [2.45, 2.75) is 38.8 Å². The Kier molecular flexibility index (Phi) is 6.04. The SMILES string of the molecule is CCCC(C)(CO)NC(=O)NCc1ccc(N2CC=CC2)cc1. The molecular formula is C18H27N3O2. The number of aliphatic hydroxyl groups is 1. The number of benzene rings is 1. The molecule has 3 N–H and O–H groups in total. The number of carbonyl (C=O) groups excluding carboxylic acids is 1. The van der Waals surface area contributed by atoms with Gasteiger partial charge in [-0.1, -0.05) is 37.6 Å². The molecule has 5 heteroatoms. The summed E-state index contributed by atoms with van der Waals surface area (Å²) in [5, 5.41) is 15.1. The van der Waals surface area contributed by atoms with Crippen LogP contribution in [0.3, 0.4) is 0 Å². The van der Waals surface area contributed by atoms with E-state index < -0.39 is 5.54 Å². The quantitative estimate of drug-likeness (QED) is 0.677. The molecule has 0 bridgehead atoms. The fourth-order valence-electron chi connectivity index (χ4n) is 2.75. The fourth-order valence-corrected chi connectivity index (χ4v) is 2.75. The van der Waals surface area contributed by atoms with Gasteiger partial charge in [-0.15, -0.1) is 0 Å². The zero-order valence-corrected chi connectivity index (χ0v) is 14.0. The maximum Gasteiger partial charge on any atom is 0.315 e. The van der Waals surface area contributed by atoms with Gasteiger partial charge < -0.3 is 20.6 Å². The molecule has 1 unspecified atom stereocenters. The first-order valence-corrected chi connectivity index (χ1v) is 8.22. The van der Waals surface area contributed by atoms with Gasteiger partial charge in [0.1, 0.15) is 0 Å². The van der Waals surface area contributed by atoms with Crippen molar-refractivity contribution in [3.8, 4) is 0 Å². The summed E-state index contributed by atoms with van der Waals surface area (Å²) in [7, 11) is 0. The van der Waals surface area contributed by atoms with Crippen LogP contribution in [0.15, 0.2) is 36.4 Å². The summed E-state index contributed by atoms with van der Waals surface area (Å²) in [6, 6.07) is 7.98. The van der Waals surface area contributed by atoms with Gasteiger partial charge in [0.25, 0.3) is 0 Å². The number of nitrogens with one attached hydrogen (secondary N) is 2. The second kappa shape index (κ2) is 8.02. The number of rotatable bonds is 7. The number of carbonyl (C=O) groups is 1. The molecule has 0 radical (unpaired) electrons. The Labute approximate surface area is 138 Å². The van der Waals surface area contributed by atoms with E-state index in [2.05, 4.69) is 39.8 Å². The van der Waals surface area contributed by atoms with Crippen LogP contribution in [0.4, 0.5) is 10.5 Å². The van der Waals surface area contributed by atoms with Crippen LogP contribution in [0.25, 0.3) is 0 Å². The summed E-state index contributed by atoms with van der Waals surface area (Å²) in [5.41, 5.74) is 1.68. The molecule has 0 spiro atoms. The summed E-state index contributed by atoms with van der Waals surface area (Å²) in [6.07, 6.45) is 5.97. The Balaban J connectivity index is 1.82. The third-order valence-corrected chi connectivity index (χ3v) is 4.14. The first-order chi connectivity index (χ1) is 11.1. The lowest BCUT2D eigenvalue weighted by Crippen LogP contribution is -2.52. The number of hydrogen-bond donors (Lipinski definition) is 3. The topological polar surface area (TPSA) is 64.6 Å². The van der Waals surface area contributed by atoms with Crippen LogP contribution in [0.5, 0.6) is 0 Å². The van der Waals surface area contributed by atoms with Crippen LogP contribution in [0, 0.1) is 0 Å². The fraction of sp³-hybridized carbons (Fsp3) is 0.500. The summed E-state index contributed by atoms with van der Waals surface area (Å²) in [6.45, 7) is 6.21. The van der Waals surface area contributed by atoms with Gasteiger partial charge >= 0.3 is 6.03 Å². The van der Waals surface area contributed by atoms with E-state index in [9.17, 15) is 9.90 Å². The molecule has 0 aliphatic carbocycles. The monoisotopic (exact) mass is 317 g/mol. The molecule has 0 saturated carbocycles. The third kappa shape index (κ3) is 4.99. The maximum atomic E-state index is 12.0. The van der Waals surface area contributed by atoms with Gasteiger partial charge in [-0.3, -0.25) is 0 Å². The second-order valence-electron chi connectivity index (χ2n) is 6.32. The van der Waals surface area contributed by atoms with E-state index in [0.717, 1.165) is 31.5 Å². The molecule has 1 atom stereocenters. The number of hydrogen-bond acceptors (Lipinski definition) is 3. The minimum atomic E-state index is -0.564. The van der Waals surface area contributed by atoms with Gasteiger partial charge in [0, 0.05) is 25.3 Å². The average Bonchev–Trinajstić information content (AvgIpc) is 3.08. The van der Waals surface area contributed by atoms with Crippen molar-refractivity contribution in [2.75, 3.05) is 24.6 Å². The van der Waals surface area contributed by atoms with Crippen molar-refractivity contribution in [3.63, 3.8) is 0 Å². The highest BCUT2D eigenvalue weighted by molar-refractivity contribution is 5.74. The van der Waals surface area contributed by atoms with Crippen LogP contribution in [-0.2, 0) is 6.54 Å². The van der Waals surface area contributed by atoms with Crippen molar-refractivity contribution in [3.05, 3.63) is 42.0 Å². The van der Waals surface area contributed by atoms with Gasteiger partial charge in [-0.05, 0) is 31.0 Å². The highest BCUT2D eigenvalue weighted by Crippen LogP contribution is 2.17. The molecule has 126 valence electrons. The second-order valence-corrected chi connectivity index (χ2v) is 6.32. The van der Waals surface area contributed by atoms with Crippen molar-refractivity contribution in [2.24, 2.45) is 0 Å². The minimum absolute atomic E-state index is 0.0627. The minimum Gasteiger partial charge on any atom is -0.394 e. The molecular weight excluding hydrogens is 290 g/mol. The summed E-state index contributed by atoms with van der Waals surface area (Å²) < 4.78 is 0. The van der Waals surface area contributed by atoms with Gasteiger partial charge in [0.15, 0.2) is 0 Å². The molecule has 23 heavy (non-hydrogen) atoms. The standard InChI is InChI=1S/C18H27N3O2/c1-3-10-18(2,14-22)20-17(23)19-13-15-6-8-16(9-7-15)21-11-4-5-12-21/h4-9,22H,3,10-14H2,1-2H3,(H2,19,20,23). The lowest BCUT2D eigenvalue weighted by atomic mass is 9.98. The van der Waals surface area contributed by atoms with Crippen LogP contribution in [0.1, 0.15) is 32.3 Å². The smallest absolute Gasteiger partial charge is 0.315 e. The first kappa shape index (κ1) is 17.3. The van der Waals surface area contributed by atoms with Gasteiger partial charge in [-0.2, -0.15) is 0 Å². The normalized spacial score (nSPS) is 16.2. The molecule has 1 aliphatic rings. The maximum absolute atomic E-state index is 12.0. The number of aliphatic hydroxyl groups excluding tert-OH is 1. The van der Waals surface area contributed by atoms with E-state index in [1.54, 1.807) is 0 Å². The van der Waals surface area contributed by atoms with Gasteiger partial charge in [0.05, 0.1) is 12.1 Å². The number of urea groups is 1. The molecule has 0 fully saturated rings. The highest BCUT2D eigenvalue weighted by Gasteiger charge is 2.24. The first-order valence-electron chi connectivity index (χ1n) is 8.22. The highest BCUT2D eigenvalue weighted by atomic mass is 16.3.